The lowest BCUT2D eigenvalue weighted by Gasteiger charge is -2.10. The summed E-state index contributed by atoms with van der Waals surface area (Å²) in [5, 5.41) is 14.7. The van der Waals surface area contributed by atoms with Crippen LogP contribution < -0.4 is 10.6 Å². The number of nitrogens with one attached hydrogen (secondary N) is 2. The van der Waals surface area contributed by atoms with Crippen LogP contribution in [0.3, 0.4) is 0 Å². The second-order valence-corrected chi connectivity index (χ2v) is 8.71. The molecule has 1 heterocycles. The molecule has 0 aliphatic heterocycles. The minimum absolute atomic E-state index is 0.00738. The van der Waals surface area contributed by atoms with Gasteiger partial charge in [0.2, 0.25) is 5.91 Å². The molecule has 0 unspecified atom stereocenters. The molecule has 0 bridgehead atoms. The van der Waals surface area contributed by atoms with Gasteiger partial charge >= 0.3 is 0 Å². The molecule has 33 heavy (non-hydrogen) atoms. The van der Waals surface area contributed by atoms with E-state index in [9.17, 15) is 14.0 Å². The summed E-state index contributed by atoms with van der Waals surface area (Å²) in [7, 11) is 0. The highest BCUT2D eigenvalue weighted by atomic mass is 35.5. The van der Waals surface area contributed by atoms with E-state index in [1.165, 1.54) is 30.3 Å². The van der Waals surface area contributed by atoms with E-state index in [4.69, 9.17) is 34.8 Å². The van der Waals surface area contributed by atoms with Crippen molar-refractivity contribution in [2.24, 2.45) is 0 Å². The third kappa shape index (κ3) is 6.48. The molecule has 2 aromatic carbocycles. The lowest BCUT2D eigenvalue weighted by atomic mass is 10.2. The number of rotatable bonds is 9. The van der Waals surface area contributed by atoms with E-state index in [0.717, 1.165) is 11.8 Å². The summed E-state index contributed by atoms with van der Waals surface area (Å²) in [6, 6.07) is 8.58. The summed E-state index contributed by atoms with van der Waals surface area (Å²) in [6.07, 6.45) is 1.63. The zero-order chi connectivity index (χ0) is 24.0. The van der Waals surface area contributed by atoms with Gasteiger partial charge in [0.05, 0.1) is 38.6 Å². The summed E-state index contributed by atoms with van der Waals surface area (Å²) in [5.41, 5.74) is 0.264. The van der Waals surface area contributed by atoms with Gasteiger partial charge in [-0.2, -0.15) is 0 Å². The molecule has 3 aromatic rings. The average Bonchev–Trinajstić information content (AvgIpc) is 3.16. The van der Waals surface area contributed by atoms with Gasteiger partial charge in [-0.25, -0.2) is 4.39 Å². The number of hydrogen-bond acceptors (Lipinski definition) is 5. The van der Waals surface area contributed by atoms with Gasteiger partial charge in [0.25, 0.3) is 5.91 Å². The van der Waals surface area contributed by atoms with Crippen molar-refractivity contribution in [2.75, 3.05) is 11.1 Å². The predicted octanol–water partition coefficient (Wildman–Crippen LogP) is 5.22. The Morgan fingerprint density at radius 3 is 2.58 bits per heavy atom. The third-order valence-corrected chi connectivity index (χ3v) is 6.25. The molecule has 7 nitrogen and oxygen atoms in total. The molecule has 0 aliphatic carbocycles. The Kier molecular flexibility index (Phi) is 8.74. The summed E-state index contributed by atoms with van der Waals surface area (Å²) < 4.78 is 15.5. The maximum atomic E-state index is 13.8. The fourth-order valence-corrected chi connectivity index (χ4v) is 4.06. The first-order chi connectivity index (χ1) is 15.8. The summed E-state index contributed by atoms with van der Waals surface area (Å²) in [4.78, 5) is 24.6. The number of thioether (sulfide) groups is 1. The van der Waals surface area contributed by atoms with Crippen molar-refractivity contribution in [2.45, 2.75) is 18.2 Å². The highest BCUT2D eigenvalue weighted by Gasteiger charge is 2.17. The smallest absolute Gasteiger partial charge is 0.254 e. The molecular formula is C21H17Cl3FN5O2S. The third-order valence-electron chi connectivity index (χ3n) is 4.25. The Balaban J connectivity index is 1.64. The molecule has 0 radical (unpaired) electrons. The topological polar surface area (TPSA) is 88.9 Å². The zero-order valence-corrected chi connectivity index (χ0v) is 20.0. The molecule has 0 saturated heterocycles. The van der Waals surface area contributed by atoms with Crippen LogP contribution in [0.5, 0.6) is 0 Å². The number of amides is 2. The molecular weight excluding hydrogens is 512 g/mol. The van der Waals surface area contributed by atoms with Crippen molar-refractivity contribution >= 4 is 64.1 Å². The number of allylic oxidation sites excluding steroid dienone is 1. The standard InChI is InChI=1S/C21H17Cl3FN5O2S/c1-2-7-30-18(10-26-20(32)12-5-3-4-6-16(12)25)28-29-21(30)33-11-19(31)27-17-9-14(23)13(22)8-15(17)24/h2-6,8-9H,1,7,10-11H2,(H,26,32)(H,27,31). The first-order valence-corrected chi connectivity index (χ1v) is 11.5. The van der Waals surface area contributed by atoms with Crippen LogP contribution in [-0.2, 0) is 17.9 Å². The van der Waals surface area contributed by atoms with Gasteiger partial charge in [-0.05, 0) is 24.3 Å². The molecule has 0 fully saturated rings. The zero-order valence-electron chi connectivity index (χ0n) is 16.9. The lowest BCUT2D eigenvalue weighted by Crippen LogP contribution is -2.25. The highest BCUT2D eigenvalue weighted by molar-refractivity contribution is 7.99. The maximum absolute atomic E-state index is 13.8. The van der Waals surface area contributed by atoms with Crippen LogP contribution in [-0.4, -0.2) is 32.3 Å². The van der Waals surface area contributed by atoms with Crippen LogP contribution in [0.4, 0.5) is 10.1 Å². The number of carbonyl (C=O) groups is 2. The van der Waals surface area contributed by atoms with Gasteiger partial charge in [-0.1, -0.05) is 64.8 Å². The highest BCUT2D eigenvalue weighted by Crippen LogP contribution is 2.32. The first kappa shape index (κ1) is 25.0. The largest absolute Gasteiger partial charge is 0.345 e. The Hall–Kier alpha value is -2.59. The van der Waals surface area contributed by atoms with Crippen molar-refractivity contribution in [3.8, 4) is 0 Å². The Bertz CT molecular complexity index is 1200. The van der Waals surface area contributed by atoms with Crippen molar-refractivity contribution in [1.29, 1.82) is 0 Å². The van der Waals surface area contributed by atoms with E-state index in [1.807, 2.05) is 0 Å². The van der Waals surface area contributed by atoms with Crippen LogP contribution >= 0.6 is 46.6 Å². The van der Waals surface area contributed by atoms with Gasteiger partial charge in [0, 0.05) is 6.54 Å². The van der Waals surface area contributed by atoms with Crippen LogP contribution in [0.1, 0.15) is 16.2 Å². The number of benzene rings is 2. The number of hydrogen-bond donors (Lipinski definition) is 2. The second-order valence-electron chi connectivity index (χ2n) is 6.54. The van der Waals surface area contributed by atoms with Crippen molar-refractivity contribution in [1.82, 2.24) is 20.1 Å². The van der Waals surface area contributed by atoms with Crippen LogP contribution in [0.15, 0.2) is 54.2 Å². The van der Waals surface area contributed by atoms with Crippen LogP contribution in [0.25, 0.3) is 0 Å². The first-order valence-electron chi connectivity index (χ1n) is 9.43. The number of carbonyl (C=O) groups excluding carboxylic acids is 2. The van der Waals surface area contributed by atoms with Gasteiger partial charge in [0.1, 0.15) is 5.82 Å². The van der Waals surface area contributed by atoms with E-state index in [-0.39, 0.29) is 38.8 Å². The normalized spacial score (nSPS) is 10.7. The maximum Gasteiger partial charge on any atom is 0.254 e. The Morgan fingerprint density at radius 1 is 1.12 bits per heavy atom. The Labute approximate surface area is 208 Å². The average molecular weight is 529 g/mol. The van der Waals surface area contributed by atoms with Gasteiger partial charge in [0.15, 0.2) is 11.0 Å². The van der Waals surface area contributed by atoms with E-state index >= 15 is 0 Å². The second kappa shape index (κ2) is 11.5. The van der Waals surface area contributed by atoms with Gasteiger partial charge in [-0.15, -0.1) is 16.8 Å². The molecule has 1 aromatic heterocycles. The lowest BCUT2D eigenvalue weighted by molar-refractivity contribution is -0.113. The van der Waals surface area contributed by atoms with Crippen LogP contribution in [0, 0.1) is 5.82 Å². The van der Waals surface area contributed by atoms with Crippen molar-refractivity contribution in [3.05, 3.63) is 81.3 Å². The fraction of sp³-hybridized carbons (Fsp3) is 0.143. The summed E-state index contributed by atoms with van der Waals surface area (Å²) in [6.45, 7) is 4.07. The number of anilines is 1. The fourth-order valence-electron chi connectivity index (χ4n) is 2.70. The molecule has 3 rings (SSSR count). The van der Waals surface area contributed by atoms with Crippen LogP contribution in [0.2, 0.25) is 15.1 Å². The minimum Gasteiger partial charge on any atom is -0.345 e. The van der Waals surface area contributed by atoms with E-state index < -0.39 is 11.7 Å². The minimum atomic E-state index is -0.619. The molecule has 0 spiro atoms. The SMILES string of the molecule is C=CCn1c(CNC(=O)c2ccccc2F)nnc1SCC(=O)Nc1cc(Cl)c(Cl)cc1Cl. The number of halogens is 4. The molecule has 0 aliphatic rings. The van der Waals surface area contributed by atoms with Crippen molar-refractivity contribution in [3.63, 3.8) is 0 Å². The molecule has 172 valence electrons. The monoisotopic (exact) mass is 527 g/mol. The van der Waals surface area contributed by atoms with Gasteiger partial charge < -0.3 is 15.2 Å². The number of nitrogens with zero attached hydrogens (tertiary/aromatic N) is 3. The van der Waals surface area contributed by atoms with Crippen molar-refractivity contribution < 1.29 is 14.0 Å². The quantitative estimate of drug-likeness (QED) is 0.226. The van der Waals surface area contributed by atoms with E-state index in [2.05, 4.69) is 27.4 Å². The molecule has 2 N–H and O–H groups in total. The Morgan fingerprint density at radius 2 is 1.85 bits per heavy atom. The molecule has 2 amide bonds. The molecule has 0 atom stereocenters. The molecule has 12 heteroatoms. The van der Waals surface area contributed by atoms with E-state index in [0.29, 0.717) is 23.2 Å². The predicted molar refractivity (Wildman–Crippen MR) is 129 cm³/mol. The summed E-state index contributed by atoms with van der Waals surface area (Å²) in [5.74, 6) is -1.11. The van der Waals surface area contributed by atoms with E-state index in [1.54, 1.807) is 16.7 Å². The number of aromatic nitrogens is 3. The van der Waals surface area contributed by atoms with Gasteiger partial charge in [-0.3, -0.25) is 9.59 Å². The molecule has 0 saturated carbocycles. The summed E-state index contributed by atoms with van der Waals surface area (Å²) >= 11 is 19.1.